The van der Waals surface area contributed by atoms with Gasteiger partial charge in [0.25, 0.3) is 0 Å². The molecule has 0 unspecified atom stereocenters. The van der Waals surface area contributed by atoms with Crippen LogP contribution < -0.4 is 0 Å². The summed E-state index contributed by atoms with van der Waals surface area (Å²) in [5.74, 6) is -2.12. The third-order valence-electron chi connectivity index (χ3n) is 6.03. The molecule has 0 aliphatic heterocycles. The summed E-state index contributed by atoms with van der Waals surface area (Å²) in [5.41, 5.74) is 0.226. The lowest BCUT2D eigenvalue weighted by molar-refractivity contribution is -0.157. The molecule has 0 radical (unpaired) electrons. The quantitative estimate of drug-likeness (QED) is 0.472. The van der Waals surface area contributed by atoms with Gasteiger partial charge in [-0.15, -0.1) is 0 Å². The summed E-state index contributed by atoms with van der Waals surface area (Å²) in [6.45, 7) is 8.35. The Morgan fingerprint density at radius 1 is 0.833 bits per heavy atom. The van der Waals surface area contributed by atoms with E-state index >= 15 is 0 Å². The highest BCUT2D eigenvalue weighted by Gasteiger charge is 2.58. The molecule has 0 bridgehead atoms. The molecule has 0 aromatic heterocycles. The van der Waals surface area contributed by atoms with E-state index < -0.39 is 16.7 Å². The summed E-state index contributed by atoms with van der Waals surface area (Å²) in [6.07, 6.45) is 0.629. The molecule has 2 aromatic rings. The van der Waals surface area contributed by atoms with Crippen molar-refractivity contribution in [3.63, 3.8) is 0 Å². The van der Waals surface area contributed by atoms with E-state index in [0.717, 1.165) is 5.56 Å². The lowest BCUT2D eigenvalue weighted by atomic mass is 9.57. The van der Waals surface area contributed by atoms with Gasteiger partial charge < -0.3 is 0 Å². The molecule has 1 aliphatic carbocycles. The Kier molecular flexibility index (Phi) is 5.96. The minimum Gasteiger partial charge on any atom is -0.298 e. The van der Waals surface area contributed by atoms with Crippen LogP contribution in [-0.4, -0.2) is 17.3 Å². The van der Waals surface area contributed by atoms with E-state index in [9.17, 15) is 14.4 Å². The third kappa shape index (κ3) is 3.51. The second-order valence-electron chi connectivity index (χ2n) is 8.75. The van der Waals surface area contributed by atoms with Gasteiger partial charge in [-0.1, -0.05) is 53.9 Å². The van der Waals surface area contributed by atoms with Gasteiger partial charge in [-0.2, -0.15) is 0 Å². The molecular weight excluding hydrogens is 443 g/mol. The fourth-order valence-corrected chi connectivity index (χ4v) is 5.32. The molecule has 0 saturated heterocycles. The first kappa shape index (κ1) is 23.0. The first-order valence-corrected chi connectivity index (χ1v) is 10.9. The Morgan fingerprint density at radius 2 is 1.33 bits per heavy atom. The number of carbonyl (C=O) groups is 3. The zero-order chi connectivity index (χ0) is 22.6. The second kappa shape index (κ2) is 7.78. The van der Waals surface area contributed by atoms with Crippen molar-refractivity contribution < 1.29 is 14.4 Å². The second-order valence-corrected chi connectivity index (χ2v) is 10.0. The molecule has 0 heterocycles. The smallest absolute Gasteiger partial charge is 0.160 e. The van der Waals surface area contributed by atoms with Crippen molar-refractivity contribution >= 4 is 52.2 Å². The summed E-state index contributed by atoms with van der Waals surface area (Å²) in [4.78, 5) is 39.5. The first-order valence-electron chi connectivity index (χ1n) is 9.75. The molecule has 1 aliphatic rings. The van der Waals surface area contributed by atoms with Crippen LogP contribution in [0.4, 0.5) is 0 Å². The predicted molar refractivity (Wildman–Crippen MR) is 122 cm³/mol. The SMILES string of the molecule is CCc1ccc(-c2c(Cl)cc(Cl)cc2Cl)cc1C1C(=O)C(C)(C)C(=O)C(C)(C)C1=O. The van der Waals surface area contributed by atoms with Gasteiger partial charge in [-0.25, -0.2) is 0 Å². The van der Waals surface area contributed by atoms with E-state index in [4.69, 9.17) is 34.8 Å². The van der Waals surface area contributed by atoms with Crippen molar-refractivity contribution in [3.05, 3.63) is 56.5 Å². The lowest BCUT2D eigenvalue weighted by Gasteiger charge is -2.41. The van der Waals surface area contributed by atoms with Gasteiger partial charge >= 0.3 is 0 Å². The molecule has 0 amide bonds. The van der Waals surface area contributed by atoms with Gasteiger partial charge in [0.15, 0.2) is 17.3 Å². The summed E-state index contributed by atoms with van der Waals surface area (Å²) < 4.78 is 0. The Bertz CT molecular complexity index is 1030. The Morgan fingerprint density at radius 3 is 1.80 bits per heavy atom. The average Bonchev–Trinajstić information content (AvgIpc) is 2.65. The monoisotopic (exact) mass is 464 g/mol. The molecule has 0 N–H and O–H groups in total. The molecule has 0 atom stereocenters. The number of hydrogen-bond acceptors (Lipinski definition) is 3. The van der Waals surface area contributed by atoms with E-state index in [1.165, 1.54) is 0 Å². The molecule has 0 spiro atoms. The zero-order valence-corrected chi connectivity index (χ0v) is 19.8. The van der Waals surface area contributed by atoms with E-state index in [1.807, 2.05) is 19.1 Å². The summed E-state index contributed by atoms with van der Waals surface area (Å²) in [6, 6.07) is 8.73. The summed E-state index contributed by atoms with van der Waals surface area (Å²) in [5, 5.41) is 1.17. The number of hydrogen-bond donors (Lipinski definition) is 0. The number of ketones is 3. The van der Waals surface area contributed by atoms with Crippen LogP contribution in [0.1, 0.15) is 51.7 Å². The van der Waals surface area contributed by atoms with Crippen molar-refractivity contribution in [2.24, 2.45) is 10.8 Å². The largest absolute Gasteiger partial charge is 0.298 e. The molecule has 158 valence electrons. The van der Waals surface area contributed by atoms with Crippen molar-refractivity contribution in [1.82, 2.24) is 0 Å². The standard InChI is InChI=1S/C24H23Cl3O3/c1-6-12-7-8-13(18-16(26)10-14(25)11-17(18)27)9-15(12)19-20(28)23(2,3)22(30)24(4,5)21(19)29/h7-11,19H,6H2,1-5H3. The highest BCUT2D eigenvalue weighted by molar-refractivity contribution is 6.41. The molecule has 1 fully saturated rings. The van der Waals surface area contributed by atoms with E-state index in [2.05, 4.69) is 0 Å². The lowest BCUT2D eigenvalue weighted by Crippen LogP contribution is -2.56. The number of aryl methyl sites for hydroxylation is 1. The average molecular weight is 466 g/mol. The van der Waals surface area contributed by atoms with Crippen LogP contribution in [-0.2, 0) is 20.8 Å². The first-order chi connectivity index (χ1) is 13.8. The molecule has 3 nitrogen and oxygen atoms in total. The fraction of sp³-hybridized carbons (Fsp3) is 0.375. The number of Topliss-reactive ketones (excluding diaryl/α,β-unsaturated/α-hetero) is 3. The van der Waals surface area contributed by atoms with Gasteiger partial charge in [0.05, 0.1) is 20.9 Å². The van der Waals surface area contributed by atoms with Gasteiger partial charge in [-0.3, -0.25) is 14.4 Å². The summed E-state index contributed by atoms with van der Waals surface area (Å²) in [7, 11) is 0. The highest BCUT2D eigenvalue weighted by Crippen LogP contribution is 2.46. The number of halogens is 3. The highest BCUT2D eigenvalue weighted by atomic mass is 35.5. The number of benzene rings is 2. The molecule has 2 aromatic carbocycles. The fourth-order valence-electron chi connectivity index (χ4n) is 4.29. The Balaban J connectivity index is 2.26. The summed E-state index contributed by atoms with van der Waals surface area (Å²) >= 11 is 18.8. The van der Waals surface area contributed by atoms with Crippen molar-refractivity contribution in [1.29, 1.82) is 0 Å². The van der Waals surface area contributed by atoms with E-state index in [0.29, 0.717) is 38.2 Å². The minimum atomic E-state index is -1.25. The van der Waals surface area contributed by atoms with Crippen LogP contribution in [0.15, 0.2) is 30.3 Å². The van der Waals surface area contributed by atoms with Crippen molar-refractivity contribution in [3.8, 4) is 11.1 Å². The number of rotatable bonds is 3. The maximum Gasteiger partial charge on any atom is 0.160 e. The van der Waals surface area contributed by atoms with Crippen LogP contribution in [0.5, 0.6) is 0 Å². The van der Waals surface area contributed by atoms with Crippen LogP contribution in [0.3, 0.4) is 0 Å². The van der Waals surface area contributed by atoms with Crippen LogP contribution in [0.25, 0.3) is 11.1 Å². The van der Waals surface area contributed by atoms with Gasteiger partial charge in [0.2, 0.25) is 0 Å². The molecule has 3 rings (SSSR count). The zero-order valence-electron chi connectivity index (χ0n) is 17.5. The molecule has 6 heteroatoms. The van der Waals surface area contributed by atoms with Gasteiger partial charge in [-0.05, 0) is 69.0 Å². The van der Waals surface area contributed by atoms with Crippen molar-refractivity contribution in [2.45, 2.75) is 47.0 Å². The van der Waals surface area contributed by atoms with Gasteiger partial charge in [0.1, 0.15) is 5.92 Å². The maximum absolute atomic E-state index is 13.3. The Hall–Kier alpha value is -1.68. The van der Waals surface area contributed by atoms with Gasteiger partial charge in [0, 0.05) is 10.6 Å². The van der Waals surface area contributed by atoms with E-state index in [1.54, 1.807) is 45.9 Å². The third-order valence-corrected chi connectivity index (χ3v) is 6.84. The molecular formula is C24H23Cl3O3. The Labute approximate surface area is 191 Å². The minimum absolute atomic E-state index is 0.348. The van der Waals surface area contributed by atoms with Crippen molar-refractivity contribution in [2.75, 3.05) is 0 Å². The van der Waals surface area contributed by atoms with Crippen LogP contribution >= 0.6 is 34.8 Å². The van der Waals surface area contributed by atoms with E-state index in [-0.39, 0.29) is 17.3 Å². The number of carbonyl (C=O) groups excluding carboxylic acids is 3. The molecule has 30 heavy (non-hydrogen) atoms. The maximum atomic E-state index is 13.3. The normalized spacial score (nSPS) is 18.7. The predicted octanol–water partition coefficient (Wildman–Crippen LogP) is 6.73. The van der Waals surface area contributed by atoms with Crippen LogP contribution in [0, 0.1) is 10.8 Å². The molecule has 1 saturated carbocycles. The topological polar surface area (TPSA) is 51.2 Å². The van der Waals surface area contributed by atoms with Crippen LogP contribution in [0.2, 0.25) is 15.1 Å².